The maximum Gasteiger partial charge on any atom is 0.119 e. The van der Waals surface area contributed by atoms with E-state index in [1.165, 1.54) is 102 Å². The normalized spacial score (nSPS) is 27.7. The highest BCUT2D eigenvalue weighted by Crippen LogP contribution is 2.38. The summed E-state index contributed by atoms with van der Waals surface area (Å²) in [4.78, 5) is 0. The van der Waals surface area contributed by atoms with Crippen molar-refractivity contribution < 1.29 is 4.74 Å². The molecule has 0 bridgehead atoms. The molecule has 0 saturated heterocycles. The van der Waals surface area contributed by atoms with Gasteiger partial charge in [-0.2, -0.15) is 0 Å². The second kappa shape index (κ2) is 12.7. The third kappa shape index (κ3) is 7.65. The highest BCUT2D eigenvalue weighted by Gasteiger charge is 2.22. The molecular weight excluding hydrogens is 352 g/mol. The van der Waals surface area contributed by atoms with Gasteiger partial charge in [-0.1, -0.05) is 83.8 Å². The summed E-state index contributed by atoms with van der Waals surface area (Å²) in [6, 6.07) is 9.09. The van der Waals surface area contributed by atoms with Crippen LogP contribution in [0.15, 0.2) is 24.3 Å². The van der Waals surface area contributed by atoms with Crippen LogP contribution < -0.4 is 4.74 Å². The summed E-state index contributed by atoms with van der Waals surface area (Å²) in [5, 5.41) is 0. The van der Waals surface area contributed by atoms with E-state index in [1.807, 2.05) is 0 Å². The van der Waals surface area contributed by atoms with Crippen molar-refractivity contribution in [3.8, 4) is 5.75 Å². The van der Waals surface area contributed by atoms with Gasteiger partial charge in [0, 0.05) is 0 Å². The fraction of sp³-hybridized carbons (Fsp3) is 0.786. The van der Waals surface area contributed by atoms with Crippen molar-refractivity contribution in [3.63, 3.8) is 0 Å². The lowest BCUT2D eigenvalue weighted by atomic mass is 9.77. The topological polar surface area (TPSA) is 9.23 Å². The van der Waals surface area contributed by atoms with Gasteiger partial charge in [0.2, 0.25) is 0 Å². The molecule has 1 aromatic rings. The maximum absolute atomic E-state index is 6.06. The first kappa shape index (κ1) is 22.7. The van der Waals surface area contributed by atoms with Gasteiger partial charge in [0.1, 0.15) is 5.75 Å². The van der Waals surface area contributed by atoms with Crippen molar-refractivity contribution in [1.82, 2.24) is 0 Å². The van der Waals surface area contributed by atoms with Crippen LogP contribution in [0.4, 0.5) is 0 Å². The Hall–Kier alpha value is -0.980. The summed E-state index contributed by atoms with van der Waals surface area (Å²) >= 11 is 0. The standard InChI is InChI=1S/C28H46O/c1-3-5-8-24-10-12-25(13-11-24)9-6-22-29-28-20-18-27(19-21-28)26-16-14-23(7-4-2)15-17-26/h18-21,23-26H,3-17,22H2,1-2H3/t23-,24-,25-,26-. The minimum Gasteiger partial charge on any atom is -0.494 e. The van der Waals surface area contributed by atoms with Crippen molar-refractivity contribution in [1.29, 1.82) is 0 Å². The van der Waals surface area contributed by atoms with Crippen molar-refractivity contribution >= 4 is 0 Å². The van der Waals surface area contributed by atoms with Crippen LogP contribution in [0.3, 0.4) is 0 Å². The van der Waals surface area contributed by atoms with Gasteiger partial charge >= 0.3 is 0 Å². The molecule has 2 aliphatic carbocycles. The number of hydrogen-bond donors (Lipinski definition) is 0. The SMILES string of the molecule is CCCC[C@H]1CC[C@H](CCCOc2ccc([C@H]3CC[C@H](CCC)CC3)cc2)CC1. The lowest BCUT2D eigenvalue weighted by Gasteiger charge is -2.29. The summed E-state index contributed by atoms with van der Waals surface area (Å²) in [7, 11) is 0. The van der Waals surface area contributed by atoms with Gasteiger partial charge in [-0.05, 0) is 79.9 Å². The van der Waals surface area contributed by atoms with Crippen molar-refractivity contribution in [2.75, 3.05) is 6.61 Å². The predicted octanol–water partition coefficient (Wildman–Crippen LogP) is 8.92. The molecule has 2 fully saturated rings. The molecular formula is C28H46O. The van der Waals surface area contributed by atoms with Crippen molar-refractivity contribution in [2.24, 2.45) is 17.8 Å². The summed E-state index contributed by atoms with van der Waals surface area (Å²) in [6.45, 7) is 5.53. The second-order valence-corrected chi connectivity index (χ2v) is 10.1. The van der Waals surface area contributed by atoms with E-state index in [0.717, 1.165) is 36.0 Å². The lowest BCUT2D eigenvalue weighted by Crippen LogP contribution is -2.15. The quantitative estimate of drug-likeness (QED) is 0.338. The van der Waals surface area contributed by atoms with E-state index in [4.69, 9.17) is 4.74 Å². The molecule has 0 atom stereocenters. The zero-order chi connectivity index (χ0) is 20.3. The summed E-state index contributed by atoms with van der Waals surface area (Å²) in [5.41, 5.74) is 1.53. The molecule has 2 saturated carbocycles. The first-order valence-electron chi connectivity index (χ1n) is 13.0. The molecule has 1 aromatic carbocycles. The molecule has 0 spiro atoms. The van der Waals surface area contributed by atoms with E-state index in [0.29, 0.717) is 0 Å². The molecule has 2 aliphatic rings. The first-order chi connectivity index (χ1) is 14.3. The van der Waals surface area contributed by atoms with Gasteiger partial charge < -0.3 is 4.74 Å². The Bertz CT molecular complexity index is 532. The Morgan fingerprint density at radius 1 is 0.655 bits per heavy atom. The Labute approximate surface area is 181 Å². The van der Waals surface area contributed by atoms with Gasteiger partial charge in [-0.3, -0.25) is 0 Å². The zero-order valence-corrected chi connectivity index (χ0v) is 19.3. The largest absolute Gasteiger partial charge is 0.494 e. The van der Waals surface area contributed by atoms with Gasteiger partial charge in [0.25, 0.3) is 0 Å². The molecule has 0 aromatic heterocycles. The maximum atomic E-state index is 6.06. The fourth-order valence-electron chi connectivity index (χ4n) is 5.89. The van der Waals surface area contributed by atoms with Crippen LogP contribution in [0.2, 0.25) is 0 Å². The van der Waals surface area contributed by atoms with Crippen LogP contribution in [0, 0.1) is 17.8 Å². The number of benzene rings is 1. The van der Waals surface area contributed by atoms with Crippen LogP contribution in [0.25, 0.3) is 0 Å². The highest BCUT2D eigenvalue weighted by molar-refractivity contribution is 5.29. The third-order valence-corrected chi connectivity index (χ3v) is 7.85. The number of unbranched alkanes of at least 4 members (excludes halogenated alkanes) is 1. The fourth-order valence-corrected chi connectivity index (χ4v) is 5.89. The van der Waals surface area contributed by atoms with Gasteiger partial charge in [0.15, 0.2) is 0 Å². The third-order valence-electron chi connectivity index (χ3n) is 7.85. The summed E-state index contributed by atoms with van der Waals surface area (Å²) in [6.07, 6.45) is 21.1. The van der Waals surface area contributed by atoms with E-state index in [2.05, 4.69) is 38.1 Å². The Balaban J connectivity index is 1.29. The molecule has 0 amide bonds. The van der Waals surface area contributed by atoms with Crippen molar-refractivity contribution in [2.45, 2.75) is 116 Å². The Morgan fingerprint density at radius 2 is 1.21 bits per heavy atom. The molecule has 0 radical (unpaired) electrons. The van der Waals surface area contributed by atoms with E-state index in [9.17, 15) is 0 Å². The Kier molecular flexibility index (Phi) is 9.91. The molecule has 0 heterocycles. The second-order valence-electron chi connectivity index (χ2n) is 10.1. The van der Waals surface area contributed by atoms with Gasteiger partial charge in [-0.25, -0.2) is 0 Å². The monoisotopic (exact) mass is 398 g/mol. The molecule has 29 heavy (non-hydrogen) atoms. The number of hydrogen-bond acceptors (Lipinski definition) is 1. The van der Waals surface area contributed by atoms with Crippen LogP contribution in [0.1, 0.15) is 122 Å². The number of rotatable bonds is 11. The zero-order valence-electron chi connectivity index (χ0n) is 19.3. The minimum absolute atomic E-state index is 0.782. The van der Waals surface area contributed by atoms with Crippen LogP contribution in [0.5, 0.6) is 5.75 Å². The first-order valence-corrected chi connectivity index (χ1v) is 13.0. The van der Waals surface area contributed by atoms with Crippen LogP contribution in [-0.4, -0.2) is 6.61 Å². The smallest absolute Gasteiger partial charge is 0.119 e. The molecule has 3 rings (SSSR count). The number of ether oxygens (including phenoxy) is 1. The van der Waals surface area contributed by atoms with E-state index >= 15 is 0 Å². The van der Waals surface area contributed by atoms with Gasteiger partial charge in [0.05, 0.1) is 6.61 Å². The lowest BCUT2D eigenvalue weighted by molar-refractivity contribution is 0.228. The van der Waals surface area contributed by atoms with Gasteiger partial charge in [-0.15, -0.1) is 0 Å². The molecule has 1 heteroatoms. The van der Waals surface area contributed by atoms with E-state index < -0.39 is 0 Å². The molecule has 0 aliphatic heterocycles. The average molecular weight is 399 g/mol. The predicted molar refractivity (Wildman–Crippen MR) is 126 cm³/mol. The van der Waals surface area contributed by atoms with E-state index in [1.54, 1.807) is 0 Å². The molecule has 0 N–H and O–H groups in total. The molecule has 0 unspecified atom stereocenters. The van der Waals surface area contributed by atoms with Crippen LogP contribution >= 0.6 is 0 Å². The van der Waals surface area contributed by atoms with Crippen molar-refractivity contribution in [3.05, 3.63) is 29.8 Å². The minimum atomic E-state index is 0.782. The van der Waals surface area contributed by atoms with Crippen LogP contribution in [-0.2, 0) is 0 Å². The van der Waals surface area contributed by atoms with E-state index in [-0.39, 0.29) is 0 Å². The molecule has 164 valence electrons. The Morgan fingerprint density at radius 3 is 1.79 bits per heavy atom. The molecule has 1 nitrogen and oxygen atoms in total. The summed E-state index contributed by atoms with van der Waals surface area (Å²) < 4.78 is 6.06. The highest BCUT2D eigenvalue weighted by atomic mass is 16.5. The summed E-state index contributed by atoms with van der Waals surface area (Å²) in [5.74, 6) is 4.83. The average Bonchev–Trinajstić information content (AvgIpc) is 2.77.